The van der Waals surface area contributed by atoms with E-state index in [4.69, 9.17) is 0 Å². The van der Waals surface area contributed by atoms with Crippen LogP contribution in [-0.2, 0) is 6.54 Å². The molecule has 0 saturated carbocycles. The lowest BCUT2D eigenvalue weighted by Gasteiger charge is -2.16. The van der Waals surface area contributed by atoms with Crippen molar-refractivity contribution in [2.24, 2.45) is 0 Å². The number of pyridine rings is 1. The maximum Gasteiger partial charge on any atom is 0.253 e. The standard InChI is InChI=1S/C18H21N3O/c1-14-7-8-16(11-19-14)18(22)20-17-9-10-21(13-17)12-15-5-3-2-4-6-15/h2-8,11,17H,9-10,12-13H2,1H3,(H,20,22)/t17-/m0/s1. The second-order valence-corrected chi connectivity index (χ2v) is 5.87. The third-order valence-corrected chi connectivity index (χ3v) is 4.03. The summed E-state index contributed by atoms with van der Waals surface area (Å²) in [7, 11) is 0. The molecule has 1 atom stereocenters. The lowest BCUT2D eigenvalue weighted by Crippen LogP contribution is -2.37. The van der Waals surface area contributed by atoms with Crippen molar-refractivity contribution in [2.75, 3.05) is 13.1 Å². The first-order valence-electron chi connectivity index (χ1n) is 7.70. The van der Waals surface area contributed by atoms with E-state index >= 15 is 0 Å². The minimum absolute atomic E-state index is 0.0286. The first-order valence-corrected chi connectivity index (χ1v) is 7.70. The molecule has 1 aliphatic heterocycles. The zero-order valence-corrected chi connectivity index (χ0v) is 12.8. The Balaban J connectivity index is 1.52. The van der Waals surface area contributed by atoms with Gasteiger partial charge in [-0.1, -0.05) is 30.3 Å². The lowest BCUT2D eigenvalue weighted by molar-refractivity contribution is 0.0937. The highest BCUT2D eigenvalue weighted by atomic mass is 16.1. The average molecular weight is 295 g/mol. The van der Waals surface area contributed by atoms with Crippen LogP contribution in [0.2, 0.25) is 0 Å². The smallest absolute Gasteiger partial charge is 0.253 e. The monoisotopic (exact) mass is 295 g/mol. The van der Waals surface area contributed by atoms with E-state index in [1.165, 1.54) is 5.56 Å². The van der Waals surface area contributed by atoms with E-state index in [-0.39, 0.29) is 11.9 Å². The minimum Gasteiger partial charge on any atom is -0.348 e. The molecule has 0 spiro atoms. The summed E-state index contributed by atoms with van der Waals surface area (Å²) in [5.41, 5.74) is 2.87. The molecule has 1 N–H and O–H groups in total. The van der Waals surface area contributed by atoms with Gasteiger partial charge in [-0.05, 0) is 31.0 Å². The third kappa shape index (κ3) is 3.71. The molecule has 4 heteroatoms. The molecule has 1 aromatic heterocycles. The van der Waals surface area contributed by atoms with Crippen LogP contribution in [0.3, 0.4) is 0 Å². The van der Waals surface area contributed by atoms with E-state index < -0.39 is 0 Å². The van der Waals surface area contributed by atoms with Crippen LogP contribution in [0.4, 0.5) is 0 Å². The van der Waals surface area contributed by atoms with Crippen molar-refractivity contribution in [2.45, 2.75) is 25.9 Å². The number of rotatable bonds is 4. The summed E-state index contributed by atoms with van der Waals surface area (Å²) in [5.74, 6) is -0.0286. The number of amides is 1. The van der Waals surface area contributed by atoms with Gasteiger partial charge in [0.25, 0.3) is 5.91 Å². The Bertz CT molecular complexity index is 625. The number of likely N-dealkylation sites (tertiary alicyclic amines) is 1. The molecular weight excluding hydrogens is 274 g/mol. The summed E-state index contributed by atoms with van der Waals surface area (Å²) in [5, 5.41) is 3.11. The molecule has 2 heterocycles. The van der Waals surface area contributed by atoms with Crippen molar-refractivity contribution < 1.29 is 4.79 Å². The van der Waals surface area contributed by atoms with Gasteiger partial charge in [0, 0.05) is 37.6 Å². The van der Waals surface area contributed by atoms with Gasteiger partial charge >= 0.3 is 0 Å². The molecule has 1 saturated heterocycles. The minimum atomic E-state index is -0.0286. The van der Waals surface area contributed by atoms with Crippen molar-refractivity contribution >= 4 is 5.91 Å². The van der Waals surface area contributed by atoms with Crippen molar-refractivity contribution in [3.05, 3.63) is 65.5 Å². The molecule has 3 rings (SSSR count). The van der Waals surface area contributed by atoms with Gasteiger partial charge in [-0.3, -0.25) is 14.7 Å². The Morgan fingerprint density at radius 3 is 2.82 bits per heavy atom. The Morgan fingerprint density at radius 2 is 2.09 bits per heavy atom. The van der Waals surface area contributed by atoms with Gasteiger partial charge < -0.3 is 5.32 Å². The van der Waals surface area contributed by atoms with E-state index in [9.17, 15) is 4.79 Å². The van der Waals surface area contributed by atoms with Crippen molar-refractivity contribution in [1.29, 1.82) is 0 Å². The molecule has 0 unspecified atom stereocenters. The summed E-state index contributed by atoms with van der Waals surface area (Å²) in [6.07, 6.45) is 2.64. The van der Waals surface area contributed by atoms with Crippen LogP contribution in [0.25, 0.3) is 0 Å². The fourth-order valence-electron chi connectivity index (χ4n) is 2.81. The zero-order chi connectivity index (χ0) is 15.4. The molecule has 114 valence electrons. The topological polar surface area (TPSA) is 45.2 Å². The summed E-state index contributed by atoms with van der Waals surface area (Å²) >= 11 is 0. The quantitative estimate of drug-likeness (QED) is 0.942. The molecule has 1 amide bonds. The Morgan fingerprint density at radius 1 is 1.27 bits per heavy atom. The van der Waals surface area contributed by atoms with E-state index in [2.05, 4.69) is 39.5 Å². The van der Waals surface area contributed by atoms with Gasteiger partial charge in [0.2, 0.25) is 0 Å². The number of benzene rings is 1. The molecule has 2 aromatic rings. The fraction of sp³-hybridized carbons (Fsp3) is 0.333. The van der Waals surface area contributed by atoms with Crippen molar-refractivity contribution in [1.82, 2.24) is 15.2 Å². The zero-order valence-electron chi connectivity index (χ0n) is 12.8. The number of aromatic nitrogens is 1. The van der Waals surface area contributed by atoms with Crippen molar-refractivity contribution in [3.63, 3.8) is 0 Å². The number of carbonyl (C=O) groups is 1. The van der Waals surface area contributed by atoms with Gasteiger partial charge in [-0.15, -0.1) is 0 Å². The number of aryl methyl sites for hydroxylation is 1. The summed E-state index contributed by atoms with van der Waals surface area (Å²) in [6.45, 7) is 4.78. The van der Waals surface area contributed by atoms with Crippen LogP contribution in [0, 0.1) is 6.92 Å². The molecule has 1 aromatic carbocycles. The average Bonchev–Trinajstić information content (AvgIpc) is 2.96. The van der Waals surface area contributed by atoms with E-state index in [0.717, 1.165) is 31.7 Å². The summed E-state index contributed by atoms with van der Waals surface area (Å²) in [4.78, 5) is 18.8. The predicted molar refractivity (Wildman–Crippen MR) is 86.6 cm³/mol. The number of hydrogen-bond acceptors (Lipinski definition) is 3. The first-order chi connectivity index (χ1) is 10.7. The van der Waals surface area contributed by atoms with Gasteiger partial charge in [-0.25, -0.2) is 0 Å². The molecular formula is C18H21N3O. The van der Waals surface area contributed by atoms with Gasteiger partial charge in [0.15, 0.2) is 0 Å². The maximum absolute atomic E-state index is 12.2. The van der Waals surface area contributed by atoms with Crippen LogP contribution in [-0.4, -0.2) is 34.9 Å². The molecule has 0 radical (unpaired) electrons. The van der Waals surface area contributed by atoms with E-state index in [1.807, 2.05) is 25.1 Å². The molecule has 1 fully saturated rings. The van der Waals surface area contributed by atoms with Crippen LogP contribution in [0.15, 0.2) is 48.7 Å². The summed E-state index contributed by atoms with van der Waals surface area (Å²) in [6, 6.07) is 14.4. The highest BCUT2D eigenvalue weighted by molar-refractivity contribution is 5.94. The van der Waals surface area contributed by atoms with Crippen LogP contribution < -0.4 is 5.32 Å². The number of nitrogens with zero attached hydrogens (tertiary/aromatic N) is 2. The van der Waals surface area contributed by atoms with Crippen LogP contribution in [0.5, 0.6) is 0 Å². The molecule has 1 aliphatic rings. The SMILES string of the molecule is Cc1ccc(C(=O)N[C@H]2CCN(Cc3ccccc3)C2)cn1. The van der Waals surface area contributed by atoms with Gasteiger partial charge in [0.05, 0.1) is 5.56 Å². The normalized spacial score (nSPS) is 18.3. The maximum atomic E-state index is 12.2. The number of hydrogen-bond donors (Lipinski definition) is 1. The predicted octanol–water partition coefficient (Wildman–Crippen LogP) is 2.39. The Labute approximate surface area is 131 Å². The van der Waals surface area contributed by atoms with Crippen LogP contribution >= 0.6 is 0 Å². The number of carbonyl (C=O) groups excluding carboxylic acids is 1. The molecule has 22 heavy (non-hydrogen) atoms. The Hall–Kier alpha value is -2.20. The van der Waals surface area contributed by atoms with Gasteiger partial charge in [0.1, 0.15) is 0 Å². The third-order valence-electron chi connectivity index (χ3n) is 4.03. The highest BCUT2D eigenvalue weighted by Crippen LogP contribution is 2.14. The van der Waals surface area contributed by atoms with E-state index in [0.29, 0.717) is 5.56 Å². The molecule has 0 aliphatic carbocycles. The first kappa shape index (κ1) is 14.7. The van der Waals surface area contributed by atoms with Crippen LogP contribution in [0.1, 0.15) is 28.0 Å². The second-order valence-electron chi connectivity index (χ2n) is 5.87. The van der Waals surface area contributed by atoms with Gasteiger partial charge in [-0.2, -0.15) is 0 Å². The Kier molecular flexibility index (Phi) is 4.49. The summed E-state index contributed by atoms with van der Waals surface area (Å²) < 4.78 is 0. The second kappa shape index (κ2) is 6.71. The highest BCUT2D eigenvalue weighted by Gasteiger charge is 2.24. The van der Waals surface area contributed by atoms with E-state index in [1.54, 1.807) is 6.20 Å². The lowest BCUT2D eigenvalue weighted by atomic mass is 10.2. The fourth-order valence-corrected chi connectivity index (χ4v) is 2.81. The molecule has 0 bridgehead atoms. The largest absolute Gasteiger partial charge is 0.348 e. The number of nitrogens with one attached hydrogen (secondary N) is 1. The molecule has 4 nitrogen and oxygen atoms in total. The van der Waals surface area contributed by atoms with Crippen molar-refractivity contribution in [3.8, 4) is 0 Å².